The molecule has 3 unspecified atom stereocenters. The van der Waals surface area contributed by atoms with Crippen molar-refractivity contribution < 1.29 is 114 Å². The third kappa shape index (κ3) is 25.6. The minimum atomic E-state index is -1.12. The van der Waals surface area contributed by atoms with E-state index in [4.69, 9.17) is 10.2 Å². The number of aliphatic carboxylic acids is 4. The molecule has 3 atom stereocenters. The number of quaternary nitrogens is 1. The van der Waals surface area contributed by atoms with E-state index in [2.05, 4.69) is 28.1 Å². The topological polar surface area (TPSA) is 240 Å². The van der Waals surface area contributed by atoms with Crippen molar-refractivity contribution in [3.05, 3.63) is 6.42 Å². The van der Waals surface area contributed by atoms with Gasteiger partial charge in [0.15, 0.2) is 5.97 Å². The number of nitrogens with zero attached hydrogens (tertiary/aromatic N) is 4. The van der Waals surface area contributed by atoms with E-state index in [9.17, 15) is 49.8 Å². The monoisotopic (exact) mass is 821 g/mol. The third-order valence-corrected chi connectivity index (χ3v) is 7.22. The van der Waals surface area contributed by atoms with E-state index in [0.717, 1.165) is 10.9 Å². The van der Waals surface area contributed by atoms with Crippen molar-refractivity contribution in [1.29, 1.82) is 0 Å². The van der Waals surface area contributed by atoms with Crippen LogP contribution in [0.1, 0.15) is 51.9 Å². The molecule has 1 aliphatic heterocycles. The Kier molecular flexibility index (Phi) is 32.0. The van der Waals surface area contributed by atoms with Gasteiger partial charge in [-0.05, 0) is 51.6 Å². The van der Waals surface area contributed by atoms with Crippen molar-refractivity contribution >= 4 is 23.9 Å². The summed E-state index contributed by atoms with van der Waals surface area (Å²) in [5.74, 6) is -4.24. The van der Waals surface area contributed by atoms with Crippen molar-refractivity contribution in [3.8, 4) is 0 Å². The molecule has 0 aliphatic carbocycles. The standard InChI is InChI=1S/C20H37N3O9.C6H16N.C4H7O3.Eu/c24-12-3-15(18(27)28)21-6-1-2-7-22(16(4-13-25)19(29)30)9-11-23(10-8-21)17(5-14-26)20(31)32;1-5-6-7(2,3)4;5-3-1-2-4(6)7;/h15-17,24-26H,1-14H2,(H,27,28)(H,29,30)(H,31,32);5-6H2,1-4H3;2,5H,1,3H2,(H,6,7);/q;+1;-1;+3. The summed E-state index contributed by atoms with van der Waals surface area (Å²) in [6, 6.07) is -2.84. The van der Waals surface area contributed by atoms with Crippen molar-refractivity contribution in [2.75, 3.05) is 93.4 Å². The van der Waals surface area contributed by atoms with Gasteiger partial charge >= 0.3 is 67.3 Å². The first-order valence-electron chi connectivity index (χ1n) is 15.8. The van der Waals surface area contributed by atoms with E-state index in [1.165, 1.54) is 13.0 Å². The molecule has 1 fully saturated rings. The SMILES string of the molecule is CCC[N+](C)(C)C.O=C(O)C(CCO)N1CCCCN(C(CCO)C(=O)O)CCN(C(CCO)C(=O)O)CC1.O=C(O)[CH-]CCO.[Eu+3]. The maximum absolute atomic E-state index is 11.8. The molecule has 47 heavy (non-hydrogen) atoms. The van der Waals surface area contributed by atoms with Crippen LogP contribution in [-0.4, -0.2) is 195 Å². The molecule has 0 amide bonds. The molecular formula is C30H60EuN4O12+3. The van der Waals surface area contributed by atoms with Gasteiger partial charge in [0.2, 0.25) is 0 Å². The largest absolute Gasteiger partial charge is 3.00 e. The second kappa shape index (κ2) is 29.9. The number of hydrogen-bond donors (Lipinski definition) is 8. The average molecular weight is 821 g/mol. The Morgan fingerprint density at radius 2 is 0.936 bits per heavy atom. The van der Waals surface area contributed by atoms with Crippen molar-refractivity contribution in [1.82, 2.24) is 14.7 Å². The second-order valence-corrected chi connectivity index (χ2v) is 12.0. The van der Waals surface area contributed by atoms with E-state index in [1.54, 1.807) is 14.7 Å². The van der Waals surface area contributed by atoms with Crippen LogP contribution < -0.4 is 0 Å². The van der Waals surface area contributed by atoms with Gasteiger partial charge in [0.1, 0.15) is 18.1 Å². The Labute approximate surface area is 320 Å². The molecule has 0 aromatic carbocycles. The predicted octanol–water partition coefficient (Wildman–Crippen LogP) is -1.05. The molecule has 1 rings (SSSR count). The van der Waals surface area contributed by atoms with Gasteiger partial charge in [-0.15, -0.1) is 6.42 Å². The molecule has 0 saturated carbocycles. The van der Waals surface area contributed by atoms with Gasteiger partial charge in [-0.1, -0.05) is 6.92 Å². The van der Waals surface area contributed by atoms with Gasteiger partial charge < -0.3 is 45.3 Å². The first-order chi connectivity index (χ1) is 21.6. The number of aliphatic hydroxyl groups is 4. The molecular weight excluding hydrogens is 760 g/mol. The Hall–Kier alpha value is -0.986. The van der Waals surface area contributed by atoms with Crippen LogP contribution in [0.4, 0.5) is 0 Å². The molecule has 0 bridgehead atoms. The molecule has 17 heteroatoms. The maximum atomic E-state index is 11.8. The molecule has 8 N–H and O–H groups in total. The van der Waals surface area contributed by atoms with Crippen LogP contribution >= 0.6 is 0 Å². The summed E-state index contributed by atoms with van der Waals surface area (Å²) in [6.07, 6.45) is 3.77. The van der Waals surface area contributed by atoms with Gasteiger partial charge in [0, 0.05) is 52.6 Å². The zero-order valence-corrected chi connectivity index (χ0v) is 30.8. The van der Waals surface area contributed by atoms with Gasteiger partial charge in [-0.3, -0.25) is 40.3 Å². The van der Waals surface area contributed by atoms with E-state index < -0.39 is 42.0 Å². The number of rotatable bonds is 17. The van der Waals surface area contributed by atoms with Crippen LogP contribution in [0.15, 0.2) is 0 Å². The summed E-state index contributed by atoms with van der Waals surface area (Å²) in [7, 11) is 6.64. The van der Waals surface area contributed by atoms with Crippen molar-refractivity contribution in [2.45, 2.75) is 70.0 Å². The van der Waals surface area contributed by atoms with Crippen LogP contribution in [0.3, 0.4) is 0 Å². The van der Waals surface area contributed by atoms with Crippen molar-refractivity contribution in [3.63, 3.8) is 0 Å². The number of carbonyl (C=O) groups is 4. The van der Waals surface area contributed by atoms with Crippen LogP contribution in [0.2, 0.25) is 0 Å². The van der Waals surface area contributed by atoms with E-state index in [-0.39, 0.29) is 128 Å². The quantitative estimate of drug-likeness (QED) is 0.0646. The van der Waals surface area contributed by atoms with E-state index >= 15 is 0 Å². The molecule has 1 saturated heterocycles. The molecule has 16 nitrogen and oxygen atoms in total. The molecule has 0 aromatic heterocycles. The molecule has 0 spiro atoms. The molecule has 1 aliphatic rings. The van der Waals surface area contributed by atoms with Gasteiger partial charge in [0.05, 0.1) is 27.7 Å². The number of hydrogen-bond acceptors (Lipinski definition) is 11. The van der Waals surface area contributed by atoms with E-state index in [0.29, 0.717) is 25.9 Å². The molecule has 1 heterocycles. The first-order valence-corrected chi connectivity index (χ1v) is 15.8. The summed E-state index contributed by atoms with van der Waals surface area (Å²) in [5, 5.41) is 72.6. The predicted molar refractivity (Wildman–Crippen MR) is 170 cm³/mol. The van der Waals surface area contributed by atoms with Crippen LogP contribution in [0, 0.1) is 55.8 Å². The number of aliphatic hydroxyl groups excluding tert-OH is 4. The van der Waals surface area contributed by atoms with Crippen LogP contribution in [-0.2, 0) is 19.2 Å². The number of carboxylic acids is 4. The summed E-state index contributed by atoms with van der Waals surface area (Å²) in [4.78, 5) is 49.9. The van der Waals surface area contributed by atoms with E-state index in [1.807, 2.05) is 0 Å². The zero-order chi connectivity index (χ0) is 35.7. The summed E-state index contributed by atoms with van der Waals surface area (Å²) in [6.45, 7) is 4.18. The fourth-order valence-electron chi connectivity index (χ4n) is 5.03. The summed E-state index contributed by atoms with van der Waals surface area (Å²) >= 11 is 0. The molecule has 0 radical (unpaired) electrons. The Morgan fingerprint density at radius 3 is 1.11 bits per heavy atom. The fraction of sp³-hybridized carbons (Fsp3) is 0.833. The minimum absolute atomic E-state index is 0. The average Bonchev–Trinajstić information content (AvgIpc) is 3.00. The smallest absolute Gasteiger partial charge is 0.503 e. The zero-order valence-electron chi connectivity index (χ0n) is 28.4. The Morgan fingerprint density at radius 1 is 0.617 bits per heavy atom. The Balaban J connectivity index is -0.00000107. The van der Waals surface area contributed by atoms with Crippen molar-refractivity contribution in [2.24, 2.45) is 0 Å². The molecule has 0 aromatic rings. The van der Waals surface area contributed by atoms with Crippen LogP contribution in [0.25, 0.3) is 0 Å². The second-order valence-electron chi connectivity index (χ2n) is 12.0. The maximum Gasteiger partial charge on any atom is 3.00 e. The normalized spacial score (nSPS) is 17.1. The Bertz CT molecular complexity index is 812. The van der Waals surface area contributed by atoms with Gasteiger partial charge in [0.25, 0.3) is 0 Å². The minimum Gasteiger partial charge on any atom is -0.503 e. The van der Waals surface area contributed by atoms with Crippen LogP contribution in [0.5, 0.6) is 0 Å². The third-order valence-electron chi connectivity index (χ3n) is 7.22. The molecule has 276 valence electrons. The van der Waals surface area contributed by atoms with Gasteiger partial charge in [-0.2, -0.15) is 0 Å². The fourth-order valence-corrected chi connectivity index (χ4v) is 5.03. The first kappa shape index (κ1) is 50.4. The summed E-state index contributed by atoms with van der Waals surface area (Å²) in [5.41, 5.74) is 0. The number of carboxylic acid groups (broad SMARTS) is 4. The summed E-state index contributed by atoms with van der Waals surface area (Å²) < 4.78 is 1.09. The van der Waals surface area contributed by atoms with Gasteiger partial charge in [-0.25, -0.2) is 0 Å².